The Bertz CT molecular complexity index is 1230. The van der Waals surface area contributed by atoms with Crippen LogP contribution in [0.4, 0.5) is 0 Å². The molecule has 3 aromatic rings. The lowest BCUT2D eigenvalue weighted by molar-refractivity contribution is 0.0605. The van der Waals surface area contributed by atoms with Crippen molar-refractivity contribution < 1.29 is 28.4 Å². The van der Waals surface area contributed by atoms with Gasteiger partial charge in [0.15, 0.2) is 0 Å². The molecular formula is C45H69Cl3O6S6. The van der Waals surface area contributed by atoms with Gasteiger partial charge in [0.1, 0.15) is 0 Å². The van der Waals surface area contributed by atoms with Gasteiger partial charge in [0.05, 0.1) is 79.3 Å². The van der Waals surface area contributed by atoms with Gasteiger partial charge in [-0.1, -0.05) is 85.5 Å². The molecule has 0 fully saturated rings. The summed E-state index contributed by atoms with van der Waals surface area (Å²) in [4.78, 5) is 0. The van der Waals surface area contributed by atoms with Crippen LogP contribution in [0.2, 0.25) is 0 Å². The highest BCUT2D eigenvalue weighted by atomic mass is 35.5. The second kappa shape index (κ2) is 48.6. The van der Waals surface area contributed by atoms with Crippen LogP contribution in [0.3, 0.4) is 0 Å². The van der Waals surface area contributed by atoms with Gasteiger partial charge in [-0.2, -0.15) is 74.0 Å². The SMILES string of the molecule is C=Cc1ccc(CCl)cc1.ClCc1ccc(CCSCCOCCOCCSCCc2ccc(CCl)cc2)cc1.SCCOCCOCCS.SCCOCCOCCS. The lowest BCUT2D eigenvalue weighted by Crippen LogP contribution is -2.08. The van der Waals surface area contributed by atoms with Crippen LogP contribution in [0, 0.1) is 0 Å². The fourth-order valence-corrected chi connectivity index (χ4v) is 7.07. The molecule has 0 aromatic heterocycles. The minimum atomic E-state index is 0.581. The number of benzene rings is 3. The molecule has 6 nitrogen and oxygen atoms in total. The zero-order valence-electron chi connectivity index (χ0n) is 35.1. The second-order valence-corrected chi connectivity index (χ2v) is 17.3. The van der Waals surface area contributed by atoms with Crippen molar-refractivity contribution in [3.8, 4) is 0 Å². The molecule has 0 saturated carbocycles. The molecule has 0 unspecified atom stereocenters. The summed E-state index contributed by atoms with van der Waals surface area (Å²) in [5, 5.41) is 0. The highest BCUT2D eigenvalue weighted by Gasteiger charge is 1.98. The van der Waals surface area contributed by atoms with Gasteiger partial charge < -0.3 is 28.4 Å². The predicted octanol–water partition coefficient (Wildman–Crippen LogP) is 11.3. The summed E-state index contributed by atoms with van der Waals surface area (Å²) in [6, 6.07) is 25.1. The molecule has 60 heavy (non-hydrogen) atoms. The third-order valence-electron chi connectivity index (χ3n) is 7.60. The molecular weight excluding hydrogens is 935 g/mol. The summed E-state index contributed by atoms with van der Waals surface area (Å²) in [7, 11) is 0. The first-order chi connectivity index (χ1) is 29.5. The normalized spacial score (nSPS) is 10.5. The molecule has 0 atom stereocenters. The molecule has 0 radical (unpaired) electrons. The highest BCUT2D eigenvalue weighted by Crippen LogP contribution is 2.12. The number of halogens is 3. The van der Waals surface area contributed by atoms with Gasteiger partial charge in [-0.3, -0.25) is 0 Å². The number of ether oxygens (including phenoxy) is 6. The number of thioether (sulfide) groups is 2. The summed E-state index contributed by atoms with van der Waals surface area (Å²) in [5.74, 6) is 9.13. The van der Waals surface area contributed by atoms with Crippen molar-refractivity contribution in [2.75, 3.05) is 125 Å². The van der Waals surface area contributed by atoms with E-state index in [2.05, 4.69) is 106 Å². The van der Waals surface area contributed by atoms with Gasteiger partial charge in [0, 0.05) is 52.2 Å². The Hall–Kier alpha value is 0.130. The van der Waals surface area contributed by atoms with Gasteiger partial charge >= 0.3 is 0 Å². The van der Waals surface area contributed by atoms with E-state index in [1.807, 2.05) is 53.9 Å². The fourth-order valence-electron chi connectivity index (χ4n) is 4.38. The van der Waals surface area contributed by atoms with E-state index in [0.717, 1.165) is 83.2 Å². The van der Waals surface area contributed by atoms with E-state index < -0.39 is 0 Å². The molecule has 3 rings (SSSR count). The Kier molecular flexibility index (Phi) is 48.7. The molecule has 3 aromatic carbocycles. The van der Waals surface area contributed by atoms with Crippen LogP contribution in [0.1, 0.15) is 33.4 Å². The smallest absolute Gasteiger partial charge is 0.0700 e. The van der Waals surface area contributed by atoms with Crippen LogP contribution in [0.15, 0.2) is 79.4 Å². The van der Waals surface area contributed by atoms with Crippen LogP contribution in [-0.4, -0.2) is 125 Å². The molecule has 0 spiro atoms. The van der Waals surface area contributed by atoms with E-state index in [1.54, 1.807) is 0 Å². The lowest BCUT2D eigenvalue weighted by Gasteiger charge is -2.07. The highest BCUT2D eigenvalue weighted by molar-refractivity contribution is 7.99. The predicted molar refractivity (Wildman–Crippen MR) is 280 cm³/mol. The number of alkyl halides is 3. The number of hydrogen-bond donors (Lipinski definition) is 4. The van der Waals surface area contributed by atoms with E-state index in [0.29, 0.717) is 83.7 Å². The molecule has 0 N–H and O–H groups in total. The molecule has 0 amide bonds. The number of rotatable bonds is 33. The summed E-state index contributed by atoms with van der Waals surface area (Å²) in [5.41, 5.74) is 7.37. The van der Waals surface area contributed by atoms with Gasteiger partial charge in [-0.05, 0) is 57.7 Å². The van der Waals surface area contributed by atoms with Crippen molar-refractivity contribution >= 4 is 115 Å². The molecule has 0 saturated heterocycles. The van der Waals surface area contributed by atoms with Gasteiger partial charge in [0.2, 0.25) is 0 Å². The lowest BCUT2D eigenvalue weighted by atomic mass is 10.1. The van der Waals surface area contributed by atoms with Crippen LogP contribution in [0.25, 0.3) is 6.08 Å². The Morgan fingerprint density at radius 2 is 0.650 bits per heavy atom. The topological polar surface area (TPSA) is 55.4 Å². The van der Waals surface area contributed by atoms with Crippen molar-refractivity contribution in [2.24, 2.45) is 0 Å². The van der Waals surface area contributed by atoms with E-state index in [4.69, 9.17) is 63.2 Å². The first-order valence-electron chi connectivity index (χ1n) is 20.1. The minimum Gasteiger partial charge on any atom is -0.378 e. The molecule has 0 heterocycles. The molecule has 0 bridgehead atoms. The second-order valence-electron chi connectivity index (χ2n) is 12.3. The minimum absolute atomic E-state index is 0.581. The summed E-state index contributed by atoms with van der Waals surface area (Å²) in [6.07, 6.45) is 4.00. The molecule has 0 aliphatic carbocycles. The summed E-state index contributed by atoms with van der Waals surface area (Å²) in [6.45, 7) is 12.0. The fraction of sp³-hybridized carbons (Fsp3) is 0.556. The Morgan fingerprint density at radius 1 is 0.383 bits per heavy atom. The maximum atomic E-state index is 5.81. The third-order valence-corrected chi connectivity index (χ3v) is 11.1. The molecule has 0 aliphatic rings. The maximum Gasteiger partial charge on any atom is 0.0700 e. The van der Waals surface area contributed by atoms with E-state index in [9.17, 15) is 0 Å². The van der Waals surface area contributed by atoms with Gasteiger partial charge in [0.25, 0.3) is 0 Å². The number of hydrogen-bond acceptors (Lipinski definition) is 12. The van der Waals surface area contributed by atoms with Crippen LogP contribution in [-0.2, 0) is 58.9 Å². The quantitative estimate of drug-likeness (QED) is 0.0274. The zero-order chi connectivity index (χ0) is 44.0. The van der Waals surface area contributed by atoms with Crippen molar-refractivity contribution in [3.63, 3.8) is 0 Å². The van der Waals surface area contributed by atoms with Crippen molar-refractivity contribution in [2.45, 2.75) is 30.5 Å². The average molecular weight is 1000 g/mol. The maximum absolute atomic E-state index is 5.81. The van der Waals surface area contributed by atoms with Crippen molar-refractivity contribution in [3.05, 3.63) is 113 Å². The standard InChI is InChI=1S/C24H32Cl2O2S2.C9H9Cl.2C6H14O2S2/c25-19-23-5-1-21(2-6-23)9-15-29-17-13-27-11-12-28-14-18-30-16-10-22-3-7-24(20-26)8-4-22;1-2-8-3-5-9(7-10)6-4-8;2*9-5-3-7-1-2-8-4-6-10/h1-8H,9-20H2;2-6H,1,7H2;2*9-10H,1-6H2. The molecule has 0 aliphatic heterocycles. The first kappa shape index (κ1) is 60.1. The number of thiol groups is 4. The summed E-state index contributed by atoms with van der Waals surface area (Å²) >= 11 is 37.0. The van der Waals surface area contributed by atoms with Crippen LogP contribution in [0.5, 0.6) is 0 Å². The van der Waals surface area contributed by atoms with Crippen LogP contribution < -0.4 is 0 Å². The molecule has 342 valence electrons. The van der Waals surface area contributed by atoms with Crippen molar-refractivity contribution in [1.82, 2.24) is 0 Å². The molecule has 15 heteroatoms. The summed E-state index contributed by atoms with van der Waals surface area (Å²) < 4.78 is 31.7. The number of aryl methyl sites for hydroxylation is 2. The van der Waals surface area contributed by atoms with Gasteiger partial charge in [-0.25, -0.2) is 0 Å². The van der Waals surface area contributed by atoms with E-state index in [1.165, 1.54) is 22.3 Å². The van der Waals surface area contributed by atoms with Crippen molar-refractivity contribution in [1.29, 1.82) is 0 Å². The Morgan fingerprint density at radius 3 is 0.917 bits per heavy atom. The Balaban J connectivity index is 0.000000940. The Labute approximate surface area is 408 Å². The van der Waals surface area contributed by atoms with Crippen LogP contribution >= 0.6 is 109 Å². The monoisotopic (exact) mass is 1000 g/mol. The van der Waals surface area contributed by atoms with E-state index >= 15 is 0 Å². The van der Waals surface area contributed by atoms with E-state index in [-0.39, 0.29) is 0 Å². The van der Waals surface area contributed by atoms with Gasteiger partial charge in [-0.15, -0.1) is 34.8 Å². The largest absolute Gasteiger partial charge is 0.378 e. The zero-order valence-corrected chi connectivity index (χ0v) is 42.6. The first-order valence-corrected chi connectivity index (χ1v) is 26.6. The average Bonchev–Trinajstić information content (AvgIpc) is 3.30. The third kappa shape index (κ3) is 39.7.